The number of nitrogens with zero attached hydrogens (tertiary/aromatic N) is 2. The minimum atomic E-state index is -0.491. The third kappa shape index (κ3) is 4.22. The summed E-state index contributed by atoms with van der Waals surface area (Å²) < 4.78 is 22.3. The summed E-state index contributed by atoms with van der Waals surface area (Å²) in [5, 5.41) is 4.75. The number of aromatic nitrogens is 2. The lowest BCUT2D eigenvalue weighted by atomic mass is 10.2. The molecule has 0 saturated carbocycles. The van der Waals surface area contributed by atoms with E-state index in [0.29, 0.717) is 40.5 Å². The Balaban J connectivity index is 1.33. The van der Waals surface area contributed by atoms with Crippen LogP contribution in [0.4, 0.5) is 0 Å². The molecule has 0 radical (unpaired) electrons. The van der Waals surface area contributed by atoms with Crippen LogP contribution in [0.25, 0.3) is 22.4 Å². The van der Waals surface area contributed by atoms with Crippen molar-refractivity contribution in [3.05, 3.63) is 107 Å². The Bertz CT molecular complexity index is 1410. The summed E-state index contributed by atoms with van der Waals surface area (Å²) >= 11 is 0. The molecule has 2 aromatic heterocycles. The molecule has 0 fully saturated rings. The molecule has 3 aromatic carbocycles. The zero-order valence-corrected chi connectivity index (χ0v) is 16.9. The fraction of sp³-hybridized carbons (Fsp3) is 0.0800. The van der Waals surface area contributed by atoms with Crippen LogP contribution in [0, 0.1) is 0 Å². The number of hydrogen-bond donors (Lipinski definition) is 0. The van der Waals surface area contributed by atoms with Crippen molar-refractivity contribution in [1.82, 2.24) is 10.1 Å². The second-order valence-corrected chi connectivity index (χ2v) is 7.00. The van der Waals surface area contributed by atoms with Gasteiger partial charge in [-0.05, 0) is 29.8 Å². The molecule has 7 nitrogen and oxygen atoms in total. The summed E-state index contributed by atoms with van der Waals surface area (Å²) in [7, 11) is 0. The number of benzene rings is 3. The highest BCUT2D eigenvalue weighted by Gasteiger charge is 2.15. The van der Waals surface area contributed by atoms with Gasteiger partial charge in [0.15, 0.2) is 6.61 Å². The van der Waals surface area contributed by atoms with Crippen LogP contribution in [-0.2, 0) is 13.2 Å². The lowest BCUT2D eigenvalue weighted by Crippen LogP contribution is -2.02. The topological polar surface area (TPSA) is 87.6 Å². The van der Waals surface area contributed by atoms with E-state index in [0.717, 1.165) is 5.56 Å². The van der Waals surface area contributed by atoms with Gasteiger partial charge in [-0.1, -0.05) is 59.8 Å². The molecule has 0 aliphatic carbocycles. The summed E-state index contributed by atoms with van der Waals surface area (Å²) in [6, 6.07) is 25.8. The molecule has 0 bridgehead atoms. The highest BCUT2D eigenvalue weighted by Crippen LogP contribution is 2.29. The van der Waals surface area contributed by atoms with E-state index in [2.05, 4.69) is 10.1 Å². The van der Waals surface area contributed by atoms with E-state index in [4.69, 9.17) is 18.4 Å². The van der Waals surface area contributed by atoms with Gasteiger partial charge in [0.25, 0.3) is 5.89 Å². The summed E-state index contributed by atoms with van der Waals surface area (Å²) in [4.78, 5) is 16.2. The van der Waals surface area contributed by atoms with E-state index >= 15 is 0 Å². The molecule has 0 atom stereocenters. The fourth-order valence-corrected chi connectivity index (χ4v) is 3.28. The van der Waals surface area contributed by atoms with E-state index in [1.807, 2.05) is 66.7 Å². The Morgan fingerprint density at radius 3 is 2.44 bits per heavy atom. The summed E-state index contributed by atoms with van der Waals surface area (Å²) in [6.45, 7) is 0.433. The normalized spacial score (nSPS) is 10.9. The molecule has 32 heavy (non-hydrogen) atoms. The minimum absolute atomic E-state index is 0.00743. The zero-order valence-electron chi connectivity index (χ0n) is 16.9. The Morgan fingerprint density at radius 2 is 1.53 bits per heavy atom. The predicted octanol–water partition coefficient (Wildman–Crippen LogP) is 5.00. The van der Waals surface area contributed by atoms with E-state index in [1.165, 1.54) is 6.07 Å². The lowest BCUT2D eigenvalue weighted by molar-refractivity contribution is 0.244. The van der Waals surface area contributed by atoms with Gasteiger partial charge in [-0.15, -0.1) is 0 Å². The maximum absolute atomic E-state index is 11.8. The molecule has 5 rings (SSSR count). The fourth-order valence-electron chi connectivity index (χ4n) is 3.28. The maximum Gasteiger partial charge on any atom is 0.339 e. The highest BCUT2D eigenvalue weighted by atomic mass is 16.5. The monoisotopic (exact) mass is 426 g/mol. The number of para-hydroxylation sites is 2. The van der Waals surface area contributed by atoms with Crippen LogP contribution in [0.5, 0.6) is 11.5 Å². The van der Waals surface area contributed by atoms with Crippen molar-refractivity contribution in [2.75, 3.05) is 0 Å². The maximum atomic E-state index is 11.8. The number of rotatable bonds is 7. The van der Waals surface area contributed by atoms with Crippen LogP contribution in [0.2, 0.25) is 0 Å². The second-order valence-electron chi connectivity index (χ2n) is 7.00. The van der Waals surface area contributed by atoms with Crippen molar-refractivity contribution >= 4 is 11.0 Å². The third-order valence-corrected chi connectivity index (χ3v) is 4.80. The van der Waals surface area contributed by atoms with Crippen LogP contribution in [0.1, 0.15) is 11.5 Å². The predicted molar refractivity (Wildman–Crippen MR) is 117 cm³/mol. The average molecular weight is 426 g/mol. The summed E-state index contributed by atoms with van der Waals surface area (Å²) in [6.07, 6.45) is 0. The van der Waals surface area contributed by atoms with Crippen molar-refractivity contribution in [2.45, 2.75) is 13.2 Å². The van der Waals surface area contributed by atoms with Gasteiger partial charge in [0, 0.05) is 0 Å². The first-order valence-electron chi connectivity index (χ1n) is 10.0. The molecule has 0 saturated heterocycles. The molecule has 0 aliphatic heterocycles. The van der Waals surface area contributed by atoms with Gasteiger partial charge in [-0.25, -0.2) is 4.79 Å². The molecule has 2 heterocycles. The number of fused-ring (bicyclic) bond motifs is 1. The van der Waals surface area contributed by atoms with Gasteiger partial charge in [0.2, 0.25) is 5.82 Å². The van der Waals surface area contributed by atoms with Crippen LogP contribution in [0.3, 0.4) is 0 Å². The minimum Gasteiger partial charge on any atom is -0.488 e. The third-order valence-electron chi connectivity index (χ3n) is 4.80. The first kappa shape index (κ1) is 19.6. The van der Waals surface area contributed by atoms with Crippen molar-refractivity contribution in [2.24, 2.45) is 0 Å². The van der Waals surface area contributed by atoms with Gasteiger partial charge in [0.1, 0.15) is 23.7 Å². The average Bonchev–Trinajstić information content (AvgIpc) is 3.31. The molecule has 0 amide bonds. The van der Waals surface area contributed by atoms with Crippen LogP contribution in [-0.4, -0.2) is 10.1 Å². The van der Waals surface area contributed by atoms with Gasteiger partial charge < -0.3 is 18.4 Å². The molecular formula is C25H18N2O5. The van der Waals surface area contributed by atoms with Crippen molar-refractivity contribution in [1.29, 1.82) is 0 Å². The lowest BCUT2D eigenvalue weighted by Gasteiger charge is -2.09. The molecule has 0 unspecified atom stereocenters. The molecule has 0 spiro atoms. The molecule has 158 valence electrons. The smallest absolute Gasteiger partial charge is 0.339 e. The van der Waals surface area contributed by atoms with Gasteiger partial charge in [-0.2, -0.15) is 4.98 Å². The first-order chi connectivity index (χ1) is 15.8. The van der Waals surface area contributed by atoms with Gasteiger partial charge in [0.05, 0.1) is 17.0 Å². The Morgan fingerprint density at radius 1 is 0.781 bits per heavy atom. The highest BCUT2D eigenvalue weighted by molar-refractivity contribution is 5.82. The Kier molecular flexibility index (Phi) is 5.36. The standard InChI is InChI=1S/C25H18N2O5/c28-24-14-22(18-10-4-7-13-21(18)31-24)30-16-23-26-25(27-32-23)19-11-5-6-12-20(19)29-15-17-8-2-1-3-9-17/h1-14H,15-16H2. The van der Waals surface area contributed by atoms with E-state index in [1.54, 1.807) is 12.1 Å². The molecular weight excluding hydrogens is 408 g/mol. The molecule has 0 aliphatic rings. The van der Waals surface area contributed by atoms with Gasteiger partial charge >= 0.3 is 5.63 Å². The van der Waals surface area contributed by atoms with Crippen LogP contribution >= 0.6 is 0 Å². The SMILES string of the molecule is O=c1cc(OCc2nc(-c3ccccc3OCc3ccccc3)no2)c2ccccc2o1. The van der Waals surface area contributed by atoms with E-state index in [9.17, 15) is 4.79 Å². The van der Waals surface area contributed by atoms with Crippen molar-refractivity contribution in [3.8, 4) is 22.9 Å². The van der Waals surface area contributed by atoms with Gasteiger partial charge in [-0.3, -0.25) is 0 Å². The molecule has 7 heteroatoms. The molecule has 0 N–H and O–H groups in total. The van der Waals surface area contributed by atoms with Crippen LogP contribution in [0.15, 0.2) is 98.7 Å². The zero-order chi connectivity index (χ0) is 21.8. The Hall–Kier alpha value is -4.39. The van der Waals surface area contributed by atoms with Crippen molar-refractivity contribution < 1.29 is 18.4 Å². The quantitative estimate of drug-likeness (QED) is 0.338. The van der Waals surface area contributed by atoms with E-state index in [-0.39, 0.29) is 12.5 Å². The first-order valence-corrected chi connectivity index (χ1v) is 10.0. The number of hydrogen-bond acceptors (Lipinski definition) is 7. The summed E-state index contributed by atoms with van der Waals surface area (Å²) in [5.74, 6) is 1.71. The second kappa shape index (κ2) is 8.77. The molecule has 5 aromatic rings. The summed E-state index contributed by atoms with van der Waals surface area (Å²) in [5.41, 5.74) is 1.73. The van der Waals surface area contributed by atoms with E-state index < -0.39 is 5.63 Å². The van der Waals surface area contributed by atoms with Crippen molar-refractivity contribution in [3.63, 3.8) is 0 Å². The number of ether oxygens (including phenoxy) is 2. The largest absolute Gasteiger partial charge is 0.488 e. The Labute approximate surface area is 182 Å². The van der Waals surface area contributed by atoms with Crippen LogP contribution < -0.4 is 15.1 Å².